The van der Waals surface area contributed by atoms with Gasteiger partial charge < -0.3 is 19.5 Å². The van der Waals surface area contributed by atoms with Crippen LogP contribution in [0.2, 0.25) is 0 Å². The van der Waals surface area contributed by atoms with Gasteiger partial charge >= 0.3 is 12.2 Å². The Kier molecular flexibility index (Phi) is 8.22. The number of hydrogen-bond donors (Lipinski definition) is 1. The van der Waals surface area contributed by atoms with Crippen LogP contribution in [0.15, 0.2) is 0 Å². The molecule has 0 saturated carbocycles. The first-order chi connectivity index (χ1) is 7.20. The number of amides is 1. The molecule has 0 aromatic heterocycles. The van der Waals surface area contributed by atoms with Crippen molar-refractivity contribution in [3.63, 3.8) is 0 Å². The van der Waals surface area contributed by atoms with Gasteiger partial charge in [-0.3, -0.25) is 0 Å². The van der Waals surface area contributed by atoms with Gasteiger partial charge in [-0.2, -0.15) is 0 Å². The van der Waals surface area contributed by atoms with E-state index < -0.39 is 12.2 Å². The summed E-state index contributed by atoms with van der Waals surface area (Å²) in [7, 11) is 0. The van der Waals surface area contributed by atoms with Gasteiger partial charge in [0.05, 0.1) is 19.8 Å². The minimum absolute atomic E-state index is 0.214. The number of alkyl carbamates (subject to hydrolysis) is 1. The molecule has 0 fully saturated rings. The Morgan fingerprint density at radius 2 is 1.73 bits per heavy atom. The van der Waals surface area contributed by atoms with Gasteiger partial charge in [-0.1, -0.05) is 0 Å². The molecule has 15 heavy (non-hydrogen) atoms. The predicted molar refractivity (Wildman–Crippen MR) is 52.6 cm³/mol. The summed E-state index contributed by atoms with van der Waals surface area (Å²) in [6.45, 7) is 4.67. The van der Waals surface area contributed by atoms with E-state index in [2.05, 4.69) is 19.5 Å². The summed E-state index contributed by atoms with van der Waals surface area (Å²) in [6.07, 6.45) is -0.625. The summed E-state index contributed by atoms with van der Waals surface area (Å²) >= 11 is 0. The van der Waals surface area contributed by atoms with E-state index >= 15 is 0 Å². The standard InChI is InChI=1S/C9H17NO5/c1-3-13-8(11)10-6-5-7-15-9(12)14-4-2/h3-7H2,1-2H3,(H,10,11). The number of carbonyl (C=O) groups excluding carboxylic acids is 2. The van der Waals surface area contributed by atoms with Crippen molar-refractivity contribution in [2.24, 2.45) is 0 Å². The average Bonchev–Trinajstić information content (AvgIpc) is 2.18. The van der Waals surface area contributed by atoms with Gasteiger partial charge in [-0.25, -0.2) is 9.59 Å². The lowest BCUT2D eigenvalue weighted by atomic mass is 10.4. The van der Waals surface area contributed by atoms with Crippen LogP contribution < -0.4 is 5.32 Å². The third-order valence-electron chi connectivity index (χ3n) is 1.35. The van der Waals surface area contributed by atoms with Crippen LogP contribution in [0.5, 0.6) is 0 Å². The number of carbonyl (C=O) groups is 2. The molecule has 0 radical (unpaired) electrons. The van der Waals surface area contributed by atoms with Gasteiger partial charge in [-0.15, -0.1) is 0 Å². The molecule has 0 unspecified atom stereocenters. The smallest absolute Gasteiger partial charge is 0.450 e. The first-order valence-electron chi connectivity index (χ1n) is 4.90. The maximum absolute atomic E-state index is 10.8. The summed E-state index contributed by atoms with van der Waals surface area (Å²) < 4.78 is 13.8. The zero-order valence-corrected chi connectivity index (χ0v) is 9.08. The maximum atomic E-state index is 10.8. The second-order valence-corrected chi connectivity index (χ2v) is 2.53. The molecule has 0 aromatic rings. The molecule has 0 aliphatic carbocycles. The summed E-state index contributed by atoms with van der Waals surface area (Å²) in [4.78, 5) is 21.5. The lowest BCUT2D eigenvalue weighted by molar-refractivity contribution is 0.0583. The van der Waals surface area contributed by atoms with E-state index in [0.717, 1.165) is 0 Å². The summed E-state index contributed by atoms with van der Waals surface area (Å²) in [6, 6.07) is 0. The van der Waals surface area contributed by atoms with Crippen molar-refractivity contribution in [3.8, 4) is 0 Å². The molecule has 0 rings (SSSR count). The molecule has 88 valence electrons. The molecular weight excluding hydrogens is 202 g/mol. The quantitative estimate of drug-likeness (QED) is 0.538. The van der Waals surface area contributed by atoms with Crippen molar-refractivity contribution in [1.29, 1.82) is 0 Å². The van der Waals surface area contributed by atoms with Crippen LogP contribution in [-0.4, -0.2) is 38.6 Å². The highest BCUT2D eigenvalue weighted by molar-refractivity contribution is 5.66. The third-order valence-corrected chi connectivity index (χ3v) is 1.35. The number of hydrogen-bond acceptors (Lipinski definition) is 5. The van der Waals surface area contributed by atoms with E-state index in [0.29, 0.717) is 26.2 Å². The summed E-state index contributed by atoms with van der Waals surface area (Å²) in [5.74, 6) is 0. The van der Waals surface area contributed by atoms with Crippen molar-refractivity contribution in [2.45, 2.75) is 20.3 Å². The van der Waals surface area contributed by atoms with E-state index in [-0.39, 0.29) is 6.61 Å². The zero-order valence-electron chi connectivity index (χ0n) is 9.08. The van der Waals surface area contributed by atoms with Crippen LogP contribution in [0.4, 0.5) is 9.59 Å². The van der Waals surface area contributed by atoms with Crippen LogP contribution >= 0.6 is 0 Å². The van der Waals surface area contributed by atoms with Gasteiger partial charge in [-0.05, 0) is 20.3 Å². The number of rotatable bonds is 6. The Balaban J connectivity index is 3.24. The largest absolute Gasteiger partial charge is 0.508 e. The fourth-order valence-corrected chi connectivity index (χ4v) is 0.760. The topological polar surface area (TPSA) is 73.9 Å². The van der Waals surface area contributed by atoms with Crippen molar-refractivity contribution in [3.05, 3.63) is 0 Å². The van der Waals surface area contributed by atoms with Gasteiger partial charge in [0.25, 0.3) is 0 Å². The van der Waals surface area contributed by atoms with E-state index in [9.17, 15) is 9.59 Å². The van der Waals surface area contributed by atoms with Gasteiger partial charge in [0, 0.05) is 6.54 Å². The maximum Gasteiger partial charge on any atom is 0.508 e. The average molecular weight is 219 g/mol. The predicted octanol–water partition coefficient (Wildman–Crippen LogP) is 1.30. The summed E-state index contributed by atoms with van der Waals surface area (Å²) in [5.41, 5.74) is 0. The van der Waals surface area contributed by atoms with Gasteiger partial charge in [0.15, 0.2) is 0 Å². The van der Waals surface area contributed by atoms with Crippen LogP contribution in [0, 0.1) is 0 Å². The van der Waals surface area contributed by atoms with E-state index in [4.69, 9.17) is 0 Å². The Morgan fingerprint density at radius 1 is 1.07 bits per heavy atom. The minimum atomic E-state index is -0.686. The van der Waals surface area contributed by atoms with E-state index in [1.165, 1.54) is 0 Å². The molecule has 0 saturated heterocycles. The van der Waals surface area contributed by atoms with Crippen molar-refractivity contribution >= 4 is 12.2 Å². The molecule has 6 heteroatoms. The molecule has 0 aliphatic rings. The highest BCUT2D eigenvalue weighted by atomic mass is 16.7. The Bertz CT molecular complexity index is 175. The molecule has 0 aromatic carbocycles. The van der Waals surface area contributed by atoms with E-state index in [1.54, 1.807) is 13.8 Å². The molecular formula is C9H17NO5. The molecule has 0 heterocycles. The Hall–Kier alpha value is -1.46. The molecule has 1 amide bonds. The Labute approximate surface area is 88.9 Å². The number of ether oxygens (including phenoxy) is 3. The van der Waals surface area contributed by atoms with Crippen LogP contribution in [0.25, 0.3) is 0 Å². The second kappa shape index (κ2) is 9.11. The molecule has 1 N–H and O–H groups in total. The van der Waals surface area contributed by atoms with Crippen molar-refractivity contribution < 1.29 is 23.8 Å². The first kappa shape index (κ1) is 13.5. The Morgan fingerprint density at radius 3 is 2.33 bits per heavy atom. The molecule has 0 bridgehead atoms. The third kappa shape index (κ3) is 8.86. The lowest BCUT2D eigenvalue weighted by Crippen LogP contribution is -2.26. The van der Waals surface area contributed by atoms with E-state index in [1.807, 2.05) is 0 Å². The van der Waals surface area contributed by atoms with Crippen molar-refractivity contribution in [1.82, 2.24) is 5.32 Å². The normalized spacial score (nSPS) is 9.20. The highest BCUT2D eigenvalue weighted by Crippen LogP contribution is 1.87. The van der Waals surface area contributed by atoms with Crippen LogP contribution in [-0.2, 0) is 14.2 Å². The molecule has 0 aliphatic heterocycles. The second-order valence-electron chi connectivity index (χ2n) is 2.53. The number of nitrogens with one attached hydrogen (secondary N) is 1. The monoisotopic (exact) mass is 219 g/mol. The van der Waals surface area contributed by atoms with Crippen LogP contribution in [0.1, 0.15) is 20.3 Å². The lowest BCUT2D eigenvalue weighted by Gasteiger charge is -2.05. The first-order valence-corrected chi connectivity index (χ1v) is 4.90. The fraction of sp³-hybridized carbons (Fsp3) is 0.778. The van der Waals surface area contributed by atoms with Gasteiger partial charge in [0.2, 0.25) is 0 Å². The molecule has 0 atom stereocenters. The molecule has 6 nitrogen and oxygen atoms in total. The SMILES string of the molecule is CCOC(=O)NCCCOC(=O)OCC. The van der Waals surface area contributed by atoms with Gasteiger partial charge in [0.1, 0.15) is 0 Å². The highest BCUT2D eigenvalue weighted by Gasteiger charge is 2.02. The zero-order chi connectivity index (χ0) is 11.5. The van der Waals surface area contributed by atoms with Crippen LogP contribution in [0.3, 0.4) is 0 Å². The van der Waals surface area contributed by atoms with Crippen molar-refractivity contribution in [2.75, 3.05) is 26.4 Å². The molecule has 0 spiro atoms. The fourth-order valence-electron chi connectivity index (χ4n) is 0.760. The summed E-state index contributed by atoms with van der Waals surface area (Å²) in [5, 5.41) is 2.50. The minimum Gasteiger partial charge on any atom is -0.450 e.